The molecule has 1 aromatic carbocycles. The first kappa shape index (κ1) is 13.8. The Morgan fingerprint density at radius 1 is 1.40 bits per heavy atom. The van der Waals surface area contributed by atoms with Crippen molar-refractivity contribution in [2.45, 2.75) is 6.92 Å². The Morgan fingerprint density at radius 3 is 2.40 bits per heavy atom. The minimum absolute atomic E-state index is 0.390. The summed E-state index contributed by atoms with van der Waals surface area (Å²) in [7, 11) is 3.50. The van der Waals surface area contributed by atoms with Gasteiger partial charge in [-0.15, -0.1) is 0 Å². The average molecular weight is 213 g/mol. The van der Waals surface area contributed by atoms with Crippen LogP contribution in [0.5, 0.6) is 0 Å². The van der Waals surface area contributed by atoms with Crippen molar-refractivity contribution < 1.29 is 0 Å². The molecule has 0 aliphatic heterocycles. The Bertz CT molecular complexity index is 342. The number of hydrogen-bond donors (Lipinski definition) is 2. The zero-order valence-corrected chi connectivity index (χ0v) is 9.54. The Morgan fingerprint density at radius 2 is 2.00 bits per heavy atom. The number of likely N-dealkylation sites (N-methyl/N-ethyl adjacent to an activating group) is 1. The molecule has 0 amide bonds. The van der Waals surface area contributed by atoms with Gasteiger partial charge in [0.25, 0.3) is 0 Å². The molecule has 3 N–H and O–H groups in total. The summed E-state index contributed by atoms with van der Waals surface area (Å²) in [6.07, 6.45) is 0. The monoisotopic (exact) mass is 213 g/mol. The first-order valence-electron chi connectivity index (χ1n) is 4.95. The van der Waals surface area contributed by atoms with Crippen LogP contribution in [0.4, 0.5) is 5.69 Å². The molecule has 1 rings (SSSR count). The minimum atomic E-state index is -0.397. The molecule has 86 valence electrons. The Labute approximate surface area is 89.6 Å². The highest BCUT2D eigenvalue weighted by Gasteiger charge is 2.07. The van der Waals surface area contributed by atoms with Crippen LogP contribution < -0.4 is 21.9 Å². The molecule has 1 aromatic rings. The van der Waals surface area contributed by atoms with E-state index < -0.39 is 5.43 Å². The summed E-state index contributed by atoms with van der Waals surface area (Å²) < 4.78 is 0. The molecule has 0 heterocycles. The summed E-state index contributed by atoms with van der Waals surface area (Å²) in [5, 5.41) is 2.91. The molecular formula is C10H19N3O2. The van der Waals surface area contributed by atoms with E-state index in [1.165, 1.54) is 13.1 Å². The Balaban J connectivity index is 0.000000921. The fourth-order valence-electron chi connectivity index (χ4n) is 0.988. The quantitative estimate of drug-likeness (QED) is 0.628. The predicted molar refractivity (Wildman–Crippen MR) is 63.1 cm³/mol. The number of anilines is 1. The second-order valence-corrected chi connectivity index (χ2v) is 3.07. The number of nitrogens with zero attached hydrogens (tertiary/aromatic N) is 1. The van der Waals surface area contributed by atoms with E-state index >= 15 is 0 Å². The lowest BCUT2D eigenvalue weighted by Crippen LogP contribution is -2.34. The molecule has 0 unspecified atom stereocenters. The van der Waals surface area contributed by atoms with Gasteiger partial charge in [0.15, 0.2) is 0 Å². The normalized spacial score (nSPS) is 9.93. The van der Waals surface area contributed by atoms with Crippen molar-refractivity contribution in [1.82, 2.24) is 4.90 Å². The van der Waals surface area contributed by atoms with Gasteiger partial charge >= 0.3 is 0 Å². The SMILES string of the molecule is CCN(C)CCNc1cc(=O)c1=O.CN. The molecule has 0 aliphatic carbocycles. The van der Waals surface area contributed by atoms with Crippen LogP contribution in [0.2, 0.25) is 0 Å². The van der Waals surface area contributed by atoms with E-state index in [9.17, 15) is 9.59 Å². The standard InChI is InChI=1S/C9H14N2O2.CH5N/c1-3-11(2)5-4-10-7-6-8(12)9(7)13;1-2/h6,10H,3-5H2,1-2H3;2H2,1H3. The van der Waals surface area contributed by atoms with Gasteiger partial charge in [0.1, 0.15) is 0 Å². The average Bonchev–Trinajstić information content (AvgIpc) is 2.29. The highest BCUT2D eigenvalue weighted by Crippen LogP contribution is 1.93. The molecule has 0 aromatic heterocycles. The molecule has 0 aliphatic rings. The molecule has 0 spiro atoms. The number of nitrogens with one attached hydrogen (secondary N) is 1. The fraction of sp³-hybridized carbons (Fsp3) is 0.600. The first-order valence-corrected chi connectivity index (χ1v) is 4.95. The molecule has 15 heavy (non-hydrogen) atoms. The largest absolute Gasteiger partial charge is 0.380 e. The second kappa shape index (κ2) is 7.14. The first-order chi connectivity index (χ1) is 7.15. The summed E-state index contributed by atoms with van der Waals surface area (Å²) >= 11 is 0. The molecule has 0 bridgehead atoms. The number of rotatable bonds is 5. The van der Waals surface area contributed by atoms with Crippen LogP contribution in [-0.4, -0.2) is 38.6 Å². The van der Waals surface area contributed by atoms with Crippen LogP contribution in [0.25, 0.3) is 0 Å². The van der Waals surface area contributed by atoms with Crippen molar-refractivity contribution in [2.75, 3.05) is 39.0 Å². The van der Waals surface area contributed by atoms with Crippen molar-refractivity contribution in [3.05, 3.63) is 26.5 Å². The minimum Gasteiger partial charge on any atom is -0.380 e. The van der Waals surface area contributed by atoms with E-state index in [0.717, 1.165) is 13.1 Å². The van der Waals surface area contributed by atoms with Gasteiger partial charge < -0.3 is 16.0 Å². The van der Waals surface area contributed by atoms with Crippen LogP contribution in [0.1, 0.15) is 6.92 Å². The topological polar surface area (TPSA) is 75.4 Å². The molecule has 0 saturated heterocycles. The summed E-state index contributed by atoms with van der Waals surface area (Å²) in [6.45, 7) is 4.62. The number of hydrogen-bond acceptors (Lipinski definition) is 5. The van der Waals surface area contributed by atoms with Crippen LogP contribution in [-0.2, 0) is 0 Å². The third-order valence-electron chi connectivity index (χ3n) is 2.09. The summed E-state index contributed by atoms with van der Waals surface area (Å²) in [5.41, 5.74) is 4.17. The summed E-state index contributed by atoms with van der Waals surface area (Å²) in [4.78, 5) is 23.5. The van der Waals surface area contributed by atoms with Crippen LogP contribution in [0.3, 0.4) is 0 Å². The van der Waals surface area contributed by atoms with Gasteiger partial charge in [-0.05, 0) is 20.6 Å². The zero-order valence-electron chi connectivity index (χ0n) is 9.54. The maximum absolute atomic E-state index is 10.8. The van der Waals surface area contributed by atoms with Crippen LogP contribution in [0.15, 0.2) is 15.7 Å². The van der Waals surface area contributed by atoms with E-state index in [2.05, 4.69) is 22.9 Å². The third kappa shape index (κ3) is 4.22. The van der Waals surface area contributed by atoms with Gasteiger partial charge in [0.05, 0.1) is 5.69 Å². The van der Waals surface area contributed by atoms with Gasteiger partial charge in [0.2, 0.25) is 10.9 Å². The molecule has 0 atom stereocenters. The van der Waals surface area contributed by atoms with Crippen molar-refractivity contribution in [2.24, 2.45) is 5.73 Å². The number of nitrogens with two attached hydrogens (primary N) is 1. The molecule has 0 fully saturated rings. The summed E-state index contributed by atoms with van der Waals surface area (Å²) in [6, 6.07) is 1.34. The van der Waals surface area contributed by atoms with E-state index in [1.807, 2.05) is 7.05 Å². The van der Waals surface area contributed by atoms with Crippen molar-refractivity contribution >= 4 is 5.69 Å². The van der Waals surface area contributed by atoms with Crippen LogP contribution in [0, 0.1) is 0 Å². The van der Waals surface area contributed by atoms with E-state index in [4.69, 9.17) is 0 Å². The molecule has 0 saturated carbocycles. The highest BCUT2D eigenvalue weighted by molar-refractivity contribution is 5.46. The fourth-order valence-corrected chi connectivity index (χ4v) is 0.988. The van der Waals surface area contributed by atoms with E-state index in [1.54, 1.807) is 0 Å². The van der Waals surface area contributed by atoms with E-state index in [-0.39, 0.29) is 5.43 Å². The van der Waals surface area contributed by atoms with Crippen molar-refractivity contribution in [1.29, 1.82) is 0 Å². The highest BCUT2D eigenvalue weighted by atomic mass is 16.2. The Hall–Kier alpha value is -1.20. The van der Waals surface area contributed by atoms with Gasteiger partial charge in [-0.2, -0.15) is 0 Å². The molecule has 5 nitrogen and oxygen atoms in total. The molecule has 5 heteroatoms. The van der Waals surface area contributed by atoms with Gasteiger partial charge in [-0.1, -0.05) is 6.92 Å². The van der Waals surface area contributed by atoms with Gasteiger partial charge in [-0.25, -0.2) is 0 Å². The molecule has 0 radical (unpaired) electrons. The maximum atomic E-state index is 10.8. The van der Waals surface area contributed by atoms with Gasteiger partial charge in [0, 0.05) is 19.2 Å². The van der Waals surface area contributed by atoms with Crippen molar-refractivity contribution in [3.63, 3.8) is 0 Å². The van der Waals surface area contributed by atoms with E-state index in [0.29, 0.717) is 12.2 Å². The second-order valence-electron chi connectivity index (χ2n) is 3.07. The Kier molecular flexibility index (Phi) is 6.57. The lowest BCUT2D eigenvalue weighted by molar-refractivity contribution is 0.367. The third-order valence-corrected chi connectivity index (χ3v) is 2.09. The zero-order chi connectivity index (χ0) is 11.8. The maximum Gasteiger partial charge on any atom is 0.248 e. The smallest absolute Gasteiger partial charge is 0.248 e. The van der Waals surface area contributed by atoms with Crippen molar-refractivity contribution in [3.8, 4) is 0 Å². The lowest BCUT2D eigenvalue weighted by Gasteiger charge is -2.14. The molecular weight excluding hydrogens is 194 g/mol. The lowest BCUT2D eigenvalue weighted by atomic mass is 10.2. The summed E-state index contributed by atoms with van der Waals surface area (Å²) in [5.74, 6) is 0. The van der Waals surface area contributed by atoms with Crippen LogP contribution >= 0.6 is 0 Å². The van der Waals surface area contributed by atoms with Gasteiger partial charge in [-0.3, -0.25) is 9.59 Å². The predicted octanol–water partition coefficient (Wildman–Crippen LogP) is -0.779.